The zero-order valence-electron chi connectivity index (χ0n) is 10.1. The summed E-state index contributed by atoms with van der Waals surface area (Å²) in [7, 11) is 0. The summed E-state index contributed by atoms with van der Waals surface area (Å²) in [6, 6.07) is 7.29. The third-order valence-electron chi connectivity index (χ3n) is 2.70. The van der Waals surface area contributed by atoms with Crippen molar-refractivity contribution in [2.24, 2.45) is 0 Å². The lowest BCUT2D eigenvalue weighted by Crippen LogP contribution is -2.12. The van der Waals surface area contributed by atoms with E-state index in [4.69, 9.17) is 0 Å². The standard InChI is InChI=1S/C12H11N5OS/c1-7(19-12-13-6-14-17-12)10-15-9-5-3-2-4-8(9)11(18)16-10/h2-7H,1H3,(H,13,14,17)(H,15,16,18)/t7-/m0/s1. The molecule has 0 radical (unpaired) electrons. The molecule has 0 saturated heterocycles. The molecular weight excluding hydrogens is 262 g/mol. The van der Waals surface area contributed by atoms with E-state index in [1.807, 2.05) is 25.1 Å². The third kappa shape index (κ3) is 2.37. The number of rotatable bonds is 3. The Hall–Kier alpha value is -2.15. The first kappa shape index (κ1) is 11.9. The number of fused-ring (bicyclic) bond motifs is 1. The number of nitrogens with one attached hydrogen (secondary N) is 2. The Balaban J connectivity index is 1.98. The maximum Gasteiger partial charge on any atom is 0.258 e. The third-order valence-corrected chi connectivity index (χ3v) is 3.69. The average molecular weight is 273 g/mol. The molecule has 0 aliphatic rings. The zero-order valence-corrected chi connectivity index (χ0v) is 10.9. The summed E-state index contributed by atoms with van der Waals surface area (Å²) in [6.07, 6.45) is 1.45. The van der Waals surface area contributed by atoms with Gasteiger partial charge in [-0.15, -0.1) is 0 Å². The van der Waals surface area contributed by atoms with E-state index in [1.54, 1.807) is 6.07 Å². The van der Waals surface area contributed by atoms with Gasteiger partial charge in [-0.3, -0.25) is 9.89 Å². The van der Waals surface area contributed by atoms with Crippen LogP contribution in [0.5, 0.6) is 0 Å². The van der Waals surface area contributed by atoms with Crippen LogP contribution in [-0.2, 0) is 0 Å². The molecule has 3 aromatic rings. The molecule has 1 aromatic carbocycles. The SMILES string of the molecule is C[C@H](Sc1ncn[nH]1)c1nc2ccccc2c(=O)[nH]1. The summed E-state index contributed by atoms with van der Waals surface area (Å²) in [5.41, 5.74) is 0.580. The van der Waals surface area contributed by atoms with Crippen LogP contribution in [0.15, 0.2) is 40.5 Å². The highest BCUT2D eigenvalue weighted by molar-refractivity contribution is 7.99. The molecule has 0 aliphatic heterocycles. The number of H-pyrrole nitrogens is 2. The second-order valence-corrected chi connectivity index (χ2v) is 5.35. The first-order valence-corrected chi connectivity index (χ1v) is 6.63. The highest BCUT2D eigenvalue weighted by Crippen LogP contribution is 2.29. The van der Waals surface area contributed by atoms with E-state index in [1.165, 1.54) is 18.1 Å². The van der Waals surface area contributed by atoms with Gasteiger partial charge in [-0.1, -0.05) is 23.9 Å². The van der Waals surface area contributed by atoms with E-state index in [0.717, 1.165) is 0 Å². The number of aromatic nitrogens is 5. The number of hydrogen-bond acceptors (Lipinski definition) is 5. The van der Waals surface area contributed by atoms with Gasteiger partial charge in [-0.05, 0) is 19.1 Å². The van der Waals surface area contributed by atoms with Crippen LogP contribution in [-0.4, -0.2) is 25.1 Å². The number of benzene rings is 1. The van der Waals surface area contributed by atoms with Gasteiger partial charge < -0.3 is 4.98 Å². The average Bonchev–Trinajstić information content (AvgIpc) is 2.91. The van der Waals surface area contributed by atoms with Crippen molar-refractivity contribution in [3.05, 3.63) is 46.8 Å². The Kier molecular flexibility index (Phi) is 3.04. The summed E-state index contributed by atoms with van der Waals surface area (Å²) in [6.45, 7) is 1.96. The van der Waals surface area contributed by atoms with Gasteiger partial charge in [0.25, 0.3) is 5.56 Å². The Morgan fingerprint density at radius 1 is 1.32 bits per heavy atom. The van der Waals surface area contributed by atoms with Crippen LogP contribution in [0.2, 0.25) is 0 Å². The minimum absolute atomic E-state index is 0.0229. The smallest absolute Gasteiger partial charge is 0.258 e. The van der Waals surface area contributed by atoms with Gasteiger partial charge in [0.1, 0.15) is 12.2 Å². The van der Waals surface area contributed by atoms with Crippen LogP contribution in [0.3, 0.4) is 0 Å². The number of hydrogen-bond donors (Lipinski definition) is 2. The molecule has 0 bridgehead atoms. The first-order valence-electron chi connectivity index (χ1n) is 5.75. The van der Waals surface area contributed by atoms with E-state index >= 15 is 0 Å². The molecule has 7 heteroatoms. The lowest BCUT2D eigenvalue weighted by Gasteiger charge is -2.08. The summed E-state index contributed by atoms with van der Waals surface area (Å²) in [5, 5.41) is 7.83. The van der Waals surface area contributed by atoms with Crippen molar-refractivity contribution in [2.45, 2.75) is 17.3 Å². The van der Waals surface area contributed by atoms with E-state index < -0.39 is 0 Å². The number of nitrogens with zero attached hydrogens (tertiary/aromatic N) is 3. The molecule has 0 saturated carbocycles. The van der Waals surface area contributed by atoms with Gasteiger partial charge >= 0.3 is 0 Å². The molecule has 2 heterocycles. The van der Waals surface area contributed by atoms with E-state index in [0.29, 0.717) is 21.9 Å². The Labute approximate surface area is 112 Å². The van der Waals surface area contributed by atoms with Gasteiger partial charge in [0.05, 0.1) is 16.2 Å². The molecular formula is C12H11N5OS. The molecule has 6 nitrogen and oxygen atoms in total. The van der Waals surface area contributed by atoms with E-state index in [2.05, 4.69) is 25.1 Å². The molecule has 19 heavy (non-hydrogen) atoms. The van der Waals surface area contributed by atoms with Gasteiger partial charge in [0, 0.05) is 0 Å². The Bertz CT molecular complexity index is 752. The fourth-order valence-corrected chi connectivity index (χ4v) is 2.54. The Morgan fingerprint density at radius 2 is 2.16 bits per heavy atom. The van der Waals surface area contributed by atoms with E-state index in [-0.39, 0.29) is 10.8 Å². The topological polar surface area (TPSA) is 87.3 Å². The van der Waals surface area contributed by atoms with E-state index in [9.17, 15) is 4.79 Å². The van der Waals surface area contributed by atoms with Gasteiger partial charge in [-0.2, -0.15) is 5.10 Å². The van der Waals surface area contributed by atoms with Crippen molar-refractivity contribution >= 4 is 22.7 Å². The normalized spacial score (nSPS) is 12.7. The van der Waals surface area contributed by atoms with Crippen molar-refractivity contribution in [2.75, 3.05) is 0 Å². The van der Waals surface area contributed by atoms with Crippen LogP contribution in [0.25, 0.3) is 10.9 Å². The molecule has 0 unspecified atom stereocenters. The lowest BCUT2D eigenvalue weighted by molar-refractivity contribution is 0.904. The minimum Gasteiger partial charge on any atom is -0.309 e. The first-order chi connectivity index (χ1) is 9.24. The molecule has 1 atom stereocenters. The minimum atomic E-state index is -0.120. The molecule has 0 aliphatic carbocycles. The number of aromatic amines is 2. The van der Waals surface area contributed by atoms with Crippen LogP contribution >= 0.6 is 11.8 Å². The number of thioether (sulfide) groups is 1. The van der Waals surface area contributed by atoms with Crippen molar-refractivity contribution < 1.29 is 0 Å². The summed E-state index contributed by atoms with van der Waals surface area (Å²) in [5.74, 6) is 0.630. The van der Waals surface area contributed by atoms with Crippen LogP contribution < -0.4 is 5.56 Å². The molecule has 0 amide bonds. The predicted octanol–water partition coefficient (Wildman–Crippen LogP) is 1.89. The number of para-hydroxylation sites is 1. The summed E-state index contributed by atoms with van der Waals surface area (Å²) >= 11 is 1.46. The molecule has 2 N–H and O–H groups in total. The van der Waals surface area contributed by atoms with Crippen molar-refractivity contribution in [1.82, 2.24) is 25.1 Å². The zero-order chi connectivity index (χ0) is 13.2. The summed E-state index contributed by atoms with van der Waals surface area (Å²) in [4.78, 5) is 23.3. The molecule has 96 valence electrons. The maximum absolute atomic E-state index is 12.0. The van der Waals surface area contributed by atoms with Crippen molar-refractivity contribution in [3.63, 3.8) is 0 Å². The van der Waals surface area contributed by atoms with Gasteiger partial charge in [0.2, 0.25) is 0 Å². The highest BCUT2D eigenvalue weighted by atomic mass is 32.2. The molecule has 3 rings (SSSR count). The van der Waals surface area contributed by atoms with Crippen LogP contribution in [0, 0.1) is 0 Å². The monoisotopic (exact) mass is 273 g/mol. The van der Waals surface area contributed by atoms with Crippen LogP contribution in [0.1, 0.15) is 18.0 Å². The molecule has 0 spiro atoms. The second-order valence-electron chi connectivity index (χ2n) is 4.02. The van der Waals surface area contributed by atoms with Gasteiger partial charge in [-0.25, -0.2) is 9.97 Å². The maximum atomic E-state index is 12.0. The largest absolute Gasteiger partial charge is 0.309 e. The summed E-state index contributed by atoms with van der Waals surface area (Å²) < 4.78 is 0. The lowest BCUT2D eigenvalue weighted by atomic mass is 10.2. The van der Waals surface area contributed by atoms with Crippen molar-refractivity contribution in [1.29, 1.82) is 0 Å². The Morgan fingerprint density at radius 3 is 2.95 bits per heavy atom. The second kappa shape index (κ2) is 4.85. The predicted molar refractivity (Wildman–Crippen MR) is 73.0 cm³/mol. The van der Waals surface area contributed by atoms with Gasteiger partial charge in [0.15, 0.2) is 5.16 Å². The fraction of sp³-hybridized carbons (Fsp3) is 0.167. The molecule has 0 fully saturated rings. The fourth-order valence-electron chi connectivity index (χ4n) is 1.77. The highest BCUT2D eigenvalue weighted by Gasteiger charge is 2.13. The quantitative estimate of drug-likeness (QED) is 0.712. The van der Waals surface area contributed by atoms with Crippen LogP contribution in [0.4, 0.5) is 0 Å². The molecule has 2 aromatic heterocycles. The van der Waals surface area contributed by atoms with Crippen molar-refractivity contribution in [3.8, 4) is 0 Å².